The van der Waals surface area contributed by atoms with Crippen LogP contribution >= 0.6 is 0 Å². The highest BCUT2D eigenvalue weighted by atomic mass is 14.0. The molecule has 0 rings (SSSR count). The maximum absolute atomic E-state index is 2.39. The second-order valence-corrected chi connectivity index (χ2v) is 6.14. The molecule has 0 saturated carbocycles. The monoisotopic (exact) mass is 266 g/mol. The molecule has 0 aromatic rings. The highest BCUT2D eigenvalue weighted by Crippen LogP contribution is 2.12. The van der Waals surface area contributed by atoms with Gasteiger partial charge in [0.1, 0.15) is 0 Å². The smallest absolute Gasteiger partial charge is 0.0265 e. The Balaban J connectivity index is 3.05. The van der Waals surface area contributed by atoms with Crippen molar-refractivity contribution in [1.82, 2.24) is 0 Å². The first-order valence-corrected chi connectivity index (χ1v) is 8.97. The van der Waals surface area contributed by atoms with Crippen LogP contribution in [0.25, 0.3) is 0 Å². The van der Waals surface area contributed by atoms with E-state index in [1.54, 1.807) is 0 Å². The lowest BCUT2D eigenvalue weighted by molar-refractivity contribution is 0.550. The van der Waals surface area contributed by atoms with Gasteiger partial charge in [-0.1, -0.05) is 104 Å². The van der Waals surface area contributed by atoms with Crippen molar-refractivity contribution in [2.75, 3.05) is 0 Å². The van der Waals surface area contributed by atoms with Gasteiger partial charge in [0.2, 0.25) is 0 Å². The van der Waals surface area contributed by atoms with Gasteiger partial charge in [-0.3, -0.25) is 0 Å². The third-order valence-electron chi connectivity index (χ3n) is 4.08. The minimum Gasteiger partial charge on any atom is -0.0883 e. The number of allylic oxidation sites excluding steroid dienone is 2. The third-order valence-corrected chi connectivity index (χ3v) is 4.08. The summed E-state index contributed by atoms with van der Waals surface area (Å²) in [6.45, 7) is 6.85. The molecule has 114 valence electrons. The van der Waals surface area contributed by atoms with Crippen LogP contribution in [0.4, 0.5) is 0 Å². The van der Waals surface area contributed by atoms with Gasteiger partial charge in [0.15, 0.2) is 0 Å². The van der Waals surface area contributed by atoms with Gasteiger partial charge < -0.3 is 0 Å². The number of unbranched alkanes of at least 4 members (excludes halogenated alkanes) is 11. The second kappa shape index (κ2) is 15.8. The summed E-state index contributed by atoms with van der Waals surface area (Å²) in [5, 5.41) is 0. The SMILES string of the molecule is CCCCCCCCCCCCCC=CC(C)CC. The molecule has 0 radical (unpaired) electrons. The Kier molecular flexibility index (Phi) is 15.6. The van der Waals surface area contributed by atoms with E-state index in [1.807, 2.05) is 0 Å². The quantitative estimate of drug-likeness (QED) is 0.229. The molecule has 0 N–H and O–H groups in total. The highest BCUT2D eigenvalue weighted by Gasteiger charge is 1.93. The zero-order chi connectivity index (χ0) is 14.2. The molecule has 0 aromatic heterocycles. The van der Waals surface area contributed by atoms with Gasteiger partial charge in [-0.05, 0) is 18.8 Å². The standard InChI is InChI=1S/C19H38/c1-4-6-7-8-9-10-11-12-13-14-15-16-17-18-19(3)5-2/h17-19H,4-16H2,1-3H3. The lowest BCUT2D eigenvalue weighted by Crippen LogP contribution is -1.84. The lowest BCUT2D eigenvalue weighted by Gasteiger charge is -2.02. The summed E-state index contributed by atoms with van der Waals surface area (Å²) in [5.74, 6) is 0.771. The molecule has 19 heavy (non-hydrogen) atoms. The molecule has 0 amide bonds. The van der Waals surface area contributed by atoms with E-state index in [4.69, 9.17) is 0 Å². The summed E-state index contributed by atoms with van der Waals surface area (Å²) in [7, 11) is 0. The van der Waals surface area contributed by atoms with Crippen molar-refractivity contribution >= 4 is 0 Å². The van der Waals surface area contributed by atoms with Crippen LogP contribution in [-0.4, -0.2) is 0 Å². The first kappa shape index (κ1) is 18.7. The Morgan fingerprint density at radius 1 is 0.684 bits per heavy atom. The van der Waals surface area contributed by atoms with Gasteiger partial charge in [0.05, 0.1) is 0 Å². The average Bonchev–Trinajstić information content (AvgIpc) is 2.43. The van der Waals surface area contributed by atoms with Crippen LogP contribution in [0.3, 0.4) is 0 Å². The Labute approximate surface area is 123 Å². The van der Waals surface area contributed by atoms with Gasteiger partial charge in [0.25, 0.3) is 0 Å². The maximum atomic E-state index is 2.39. The Morgan fingerprint density at radius 3 is 1.63 bits per heavy atom. The molecule has 1 unspecified atom stereocenters. The second-order valence-electron chi connectivity index (χ2n) is 6.14. The molecule has 1 atom stereocenters. The highest BCUT2D eigenvalue weighted by molar-refractivity contribution is 4.85. The zero-order valence-corrected chi connectivity index (χ0v) is 13.9. The van der Waals surface area contributed by atoms with Crippen molar-refractivity contribution in [3.8, 4) is 0 Å². The van der Waals surface area contributed by atoms with E-state index in [2.05, 4.69) is 32.9 Å². The van der Waals surface area contributed by atoms with E-state index in [0.717, 1.165) is 5.92 Å². The van der Waals surface area contributed by atoms with E-state index in [1.165, 1.54) is 83.5 Å². The molecule has 0 aromatic carbocycles. The van der Waals surface area contributed by atoms with E-state index in [0.29, 0.717) is 0 Å². The Bertz CT molecular complexity index is 180. The predicted octanol–water partition coefficient (Wildman–Crippen LogP) is 7.29. The van der Waals surface area contributed by atoms with E-state index >= 15 is 0 Å². The fourth-order valence-corrected chi connectivity index (χ4v) is 2.39. The maximum Gasteiger partial charge on any atom is -0.0265 e. The van der Waals surface area contributed by atoms with E-state index in [-0.39, 0.29) is 0 Å². The van der Waals surface area contributed by atoms with Gasteiger partial charge >= 0.3 is 0 Å². The van der Waals surface area contributed by atoms with E-state index < -0.39 is 0 Å². The number of hydrogen-bond donors (Lipinski definition) is 0. The molecule has 0 saturated heterocycles. The van der Waals surface area contributed by atoms with Gasteiger partial charge in [-0.2, -0.15) is 0 Å². The molecule has 0 spiro atoms. The predicted molar refractivity (Wildman–Crippen MR) is 89.7 cm³/mol. The number of rotatable bonds is 14. The summed E-state index contributed by atoms with van der Waals surface area (Å²) in [5.41, 5.74) is 0. The molecule has 0 heteroatoms. The van der Waals surface area contributed by atoms with Gasteiger partial charge in [-0.15, -0.1) is 0 Å². The summed E-state index contributed by atoms with van der Waals surface area (Å²) in [6, 6.07) is 0. The molecular weight excluding hydrogens is 228 g/mol. The van der Waals surface area contributed by atoms with Gasteiger partial charge in [0, 0.05) is 0 Å². The first-order valence-electron chi connectivity index (χ1n) is 8.97. The molecule has 0 heterocycles. The van der Waals surface area contributed by atoms with Crippen LogP contribution in [0.15, 0.2) is 12.2 Å². The molecular formula is C19H38. The van der Waals surface area contributed by atoms with Crippen LogP contribution in [0.1, 0.15) is 104 Å². The topological polar surface area (TPSA) is 0 Å². The Hall–Kier alpha value is -0.260. The fourth-order valence-electron chi connectivity index (χ4n) is 2.39. The molecule has 0 nitrogen and oxygen atoms in total. The van der Waals surface area contributed by atoms with Crippen LogP contribution in [0, 0.1) is 5.92 Å². The normalized spacial score (nSPS) is 13.2. The van der Waals surface area contributed by atoms with Crippen molar-refractivity contribution in [3.05, 3.63) is 12.2 Å². The zero-order valence-electron chi connectivity index (χ0n) is 13.9. The first-order chi connectivity index (χ1) is 9.31. The lowest BCUT2D eigenvalue weighted by atomic mass is 10.0. The molecule has 0 fully saturated rings. The summed E-state index contributed by atoms with van der Waals surface area (Å²) in [6.07, 6.45) is 23.2. The Morgan fingerprint density at radius 2 is 1.16 bits per heavy atom. The summed E-state index contributed by atoms with van der Waals surface area (Å²) < 4.78 is 0. The van der Waals surface area contributed by atoms with E-state index in [9.17, 15) is 0 Å². The van der Waals surface area contributed by atoms with Crippen molar-refractivity contribution in [2.45, 2.75) is 104 Å². The van der Waals surface area contributed by atoms with Gasteiger partial charge in [-0.25, -0.2) is 0 Å². The molecule has 0 aliphatic carbocycles. The number of hydrogen-bond acceptors (Lipinski definition) is 0. The average molecular weight is 267 g/mol. The minimum atomic E-state index is 0.771. The summed E-state index contributed by atoms with van der Waals surface area (Å²) >= 11 is 0. The molecule has 0 bridgehead atoms. The van der Waals surface area contributed by atoms with Crippen molar-refractivity contribution < 1.29 is 0 Å². The largest absolute Gasteiger partial charge is 0.0883 e. The third kappa shape index (κ3) is 15.7. The van der Waals surface area contributed by atoms with Crippen LogP contribution in [0.5, 0.6) is 0 Å². The molecule has 0 aliphatic rings. The van der Waals surface area contributed by atoms with Crippen molar-refractivity contribution in [1.29, 1.82) is 0 Å². The molecule has 0 aliphatic heterocycles. The fraction of sp³-hybridized carbons (Fsp3) is 0.895. The van der Waals surface area contributed by atoms with Crippen LogP contribution < -0.4 is 0 Å². The summed E-state index contributed by atoms with van der Waals surface area (Å²) in [4.78, 5) is 0. The van der Waals surface area contributed by atoms with Crippen molar-refractivity contribution in [3.63, 3.8) is 0 Å². The van der Waals surface area contributed by atoms with Crippen LogP contribution in [0.2, 0.25) is 0 Å². The van der Waals surface area contributed by atoms with Crippen LogP contribution in [-0.2, 0) is 0 Å². The minimum absolute atomic E-state index is 0.771. The van der Waals surface area contributed by atoms with Crippen molar-refractivity contribution in [2.24, 2.45) is 5.92 Å².